The third-order valence-corrected chi connectivity index (χ3v) is 5.34. The first-order chi connectivity index (χ1) is 13.5. The number of hydrogen-bond acceptors (Lipinski definition) is 4. The van der Waals surface area contributed by atoms with Crippen molar-refractivity contribution in [3.8, 4) is 5.75 Å². The molecule has 0 atom stereocenters. The monoisotopic (exact) mass is 382 g/mol. The van der Waals surface area contributed by atoms with E-state index in [0.29, 0.717) is 5.56 Å². The van der Waals surface area contributed by atoms with Gasteiger partial charge in [-0.1, -0.05) is 23.8 Å². The minimum Gasteiger partial charge on any atom is -0.478 e. The number of ether oxygens (including phenoxy) is 1. The van der Waals surface area contributed by atoms with Crippen LogP contribution in [0.4, 0.5) is 5.69 Å². The van der Waals surface area contributed by atoms with E-state index in [1.54, 1.807) is 12.1 Å². The fourth-order valence-corrected chi connectivity index (χ4v) is 3.77. The average Bonchev–Trinajstić information content (AvgIpc) is 2.99. The Morgan fingerprint density at radius 1 is 1.25 bits per heavy atom. The van der Waals surface area contributed by atoms with Gasteiger partial charge in [0.1, 0.15) is 0 Å². The number of nitrogens with zero attached hydrogens (tertiary/aromatic N) is 2. The highest BCUT2D eigenvalue weighted by Crippen LogP contribution is 2.27. The maximum Gasteiger partial charge on any atom is 0.310 e. The molecule has 0 saturated carbocycles. The van der Waals surface area contributed by atoms with Crippen LogP contribution in [0.15, 0.2) is 42.0 Å². The number of hydrogen-bond donors (Lipinski definition) is 0. The van der Waals surface area contributed by atoms with Gasteiger partial charge in [-0.3, -0.25) is 14.9 Å². The Bertz CT molecular complexity index is 911. The molecule has 28 heavy (non-hydrogen) atoms. The minimum absolute atomic E-state index is 0.110. The van der Waals surface area contributed by atoms with Gasteiger partial charge < -0.3 is 9.30 Å². The van der Waals surface area contributed by atoms with Crippen LogP contribution in [0.3, 0.4) is 0 Å². The van der Waals surface area contributed by atoms with E-state index in [1.807, 2.05) is 19.9 Å². The van der Waals surface area contributed by atoms with Gasteiger partial charge in [0.15, 0.2) is 12.4 Å². The number of nitro benzene ring substituents is 1. The van der Waals surface area contributed by atoms with Gasteiger partial charge in [-0.25, -0.2) is 0 Å². The van der Waals surface area contributed by atoms with Crippen LogP contribution in [0.1, 0.15) is 53.8 Å². The summed E-state index contributed by atoms with van der Waals surface area (Å²) in [6.45, 7) is 4.59. The summed E-state index contributed by atoms with van der Waals surface area (Å²) < 4.78 is 7.64. The Morgan fingerprint density at radius 2 is 2.04 bits per heavy atom. The summed E-state index contributed by atoms with van der Waals surface area (Å²) in [6.07, 6.45) is 8.26. The highest BCUT2D eigenvalue weighted by molar-refractivity contribution is 5.98. The average molecular weight is 382 g/mol. The molecule has 0 amide bonds. The molecular weight excluding hydrogens is 356 g/mol. The molecule has 0 aliphatic heterocycles. The van der Waals surface area contributed by atoms with Crippen molar-refractivity contribution in [2.45, 2.75) is 52.5 Å². The molecule has 148 valence electrons. The fourth-order valence-electron chi connectivity index (χ4n) is 3.77. The number of carbonyl (C=O) groups excluding carboxylic acids is 1. The van der Waals surface area contributed by atoms with Gasteiger partial charge in [0.25, 0.3) is 0 Å². The molecule has 1 aromatic carbocycles. The third kappa shape index (κ3) is 4.50. The molecule has 1 aliphatic rings. The van der Waals surface area contributed by atoms with E-state index in [-0.39, 0.29) is 23.8 Å². The highest BCUT2D eigenvalue weighted by atomic mass is 16.6. The molecule has 1 aromatic heterocycles. The van der Waals surface area contributed by atoms with E-state index in [0.717, 1.165) is 24.4 Å². The Balaban J connectivity index is 1.67. The van der Waals surface area contributed by atoms with Crippen molar-refractivity contribution < 1.29 is 14.5 Å². The second-order valence-corrected chi connectivity index (χ2v) is 7.23. The second-order valence-electron chi connectivity index (χ2n) is 7.23. The minimum atomic E-state index is -0.508. The lowest BCUT2D eigenvalue weighted by atomic mass is 9.97. The summed E-state index contributed by atoms with van der Waals surface area (Å²) in [5, 5.41) is 11.1. The zero-order valence-electron chi connectivity index (χ0n) is 16.4. The molecule has 2 aromatic rings. The van der Waals surface area contributed by atoms with Gasteiger partial charge in [0.2, 0.25) is 5.78 Å². The van der Waals surface area contributed by atoms with E-state index < -0.39 is 4.92 Å². The highest BCUT2D eigenvalue weighted by Gasteiger charge is 2.19. The summed E-state index contributed by atoms with van der Waals surface area (Å²) in [4.78, 5) is 23.2. The van der Waals surface area contributed by atoms with Crippen LogP contribution in [-0.4, -0.2) is 21.9 Å². The zero-order chi connectivity index (χ0) is 20.1. The Labute approximate surface area is 165 Å². The first-order valence-electron chi connectivity index (χ1n) is 9.71. The van der Waals surface area contributed by atoms with Gasteiger partial charge in [-0.05, 0) is 58.1 Å². The van der Waals surface area contributed by atoms with Crippen LogP contribution in [0.25, 0.3) is 0 Å². The number of Topliss-reactive ketones (excluding diaryl/α,β-unsaturated/α-hetero) is 1. The van der Waals surface area contributed by atoms with Crippen molar-refractivity contribution in [2.24, 2.45) is 0 Å². The first kappa shape index (κ1) is 19.9. The van der Waals surface area contributed by atoms with Crippen molar-refractivity contribution in [2.75, 3.05) is 6.61 Å². The quantitative estimate of drug-likeness (QED) is 0.273. The van der Waals surface area contributed by atoms with E-state index in [9.17, 15) is 14.9 Å². The van der Waals surface area contributed by atoms with Crippen LogP contribution < -0.4 is 4.74 Å². The van der Waals surface area contributed by atoms with Crippen molar-refractivity contribution in [3.63, 3.8) is 0 Å². The number of carbonyl (C=O) groups is 1. The number of para-hydroxylation sites is 2. The molecule has 0 unspecified atom stereocenters. The molecule has 0 radical (unpaired) electrons. The lowest BCUT2D eigenvalue weighted by molar-refractivity contribution is -0.385. The SMILES string of the molecule is Cc1cc(C(=O)COc2ccccc2[N+](=O)[O-])c(C)n1CCC1=CCCCC1. The molecule has 1 aliphatic carbocycles. The van der Waals surface area contributed by atoms with Crippen LogP contribution in [0, 0.1) is 24.0 Å². The lowest BCUT2D eigenvalue weighted by Crippen LogP contribution is -2.13. The molecule has 0 bridgehead atoms. The molecule has 6 nitrogen and oxygen atoms in total. The number of rotatable bonds is 8. The van der Waals surface area contributed by atoms with Crippen LogP contribution in [-0.2, 0) is 6.54 Å². The van der Waals surface area contributed by atoms with Crippen molar-refractivity contribution in [1.29, 1.82) is 0 Å². The van der Waals surface area contributed by atoms with Crippen LogP contribution in [0.2, 0.25) is 0 Å². The van der Waals surface area contributed by atoms with Gasteiger partial charge in [-0.15, -0.1) is 0 Å². The predicted molar refractivity (Wildman–Crippen MR) is 108 cm³/mol. The van der Waals surface area contributed by atoms with Crippen molar-refractivity contribution in [1.82, 2.24) is 4.57 Å². The number of ketones is 1. The second kappa shape index (κ2) is 8.87. The molecule has 0 saturated heterocycles. The van der Waals surface area contributed by atoms with Crippen molar-refractivity contribution >= 4 is 11.5 Å². The maximum atomic E-state index is 12.7. The number of nitro groups is 1. The lowest BCUT2D eigenvalue weighted by Gasteiger charge is -2.15. The summed E-state index contributed by atoms with van der Waals surface area (Å²) in [6, 6.07) is 7.98. The Hall–Kier alpha value is -2.89. The number of benzene rings is 1. The summed E-state index contributed by atoms with van der Waals surface area (Å²) in [5.41, 5.74) is 3.95. The Kier molecular flexibility index (Phi) is 6.29. The van der Waals surface area contributed by atoms with Gasteiger partial charge in [0, 0.05) is 29.6 Å². The van der Waals surface area contributed by atoms with E-state index in [2.05, 4.69) is 10.6 Å². The maximum absolute atomic E-state index is 12.7. The van der Waals surface area contributed by atoms with Gasteiger partial charge in [-0.2, -0.15) is 0 Å². The molecule has 0 spiro atoms. The zero-order valence-corrected chi connectivity index (χ0v) is 16.4. The molecule has 1 heterocycles. The normalized spacial score (nSPS) is 13.9. The molecule has 0 fully saturated rings. The van der Waals surface area contributed by atoms with Gasteiger partial charge in [0.05, 0.1) is 4.92 Å². The molecule has 6 heteroatoms. The van der Waals surface area contributed by atoms with Crippen LogP contribution >= 0.6 is 0 Å². The van der Waals surface area contributed by atoms with E-state index >= 15 is 0 Å². The van der Waals surface area contributed by atoms with Crippen molar-refractivity contribution in [3.05, 3.63) is 69.0 Å². The summed E-state index contributed by atoms with van der Waals surface area (Å²) in [7, 11) is 0. The number of aryl methyl sites for hydroxylation is 1. The summed E-state index contributed by atoms with van der Waals surface area (Å²) >= 11 is 0. The van der Waals surface area contributed by atoms with Gasteiger partial charge >= 0.3 is 5.69 Å². The first-order valence-corrected chi connectivity index (χ1v) is 9.71. The predicted octanol–water partition coefficient (Wildman–Crippen LogP) is 5.17. The fraction of sp³-hybridized carbons (Fsp3) is 0.409. The third-order valence-electron chi connectivity index (χ3n) is 5.34. The Morgan fingerprint density at radius 3 is 2.75 bits per heavy atom. The molecule has 0 N–H and O–H groups in total. The van der Waals surface area contributed by atoms with E-state index in [4.69, 9.17) is 4.74 Å². The van der Waals surface area contributed by atoms with Crippen LogP contribution in [0.5, 0.6) is 5.75 Å². The molecule has 3 rings (SSSR count). The topological polar surface area (TPSA) is 74.4 Å². The smallest absolute Gasteiger partial charge is 0.310 e. The number of aromatic nitrogens is 1. The van der Waals surface area contributed by atoms with E-state index in [1.165, 1.54) is 43.4 Å². The number of allylic oxidation sites excluding steroid dienone is 2. The molecular formula is C22H26N2O4. The standard InChI is InChI=1S/C22H26N2O4/c1-16-14-19(17(2)23(16)13-12-18-8-4-3-5-9-18)21(25)15-28-22-11-7-6-10-20(22)24(26)27/h6-8,10-11,14H,3-5,9,12-13,15H2,1-2H3. The summed E-state index contributed by atoms with van der Waals surface area (Å²) in [5.74, 6) is -0.0618. The largest absolute Gasteiger partial charge is 0.478 e.